The molecule has 1 saturated carbocycles. The Morgan fingerprint density at radius 1 is 1.29 bits per heavy atom. The van der Waals surface area contributed by atoms with Gasteiger partial charge in [-0.15, -0.1) is 0 Å². The van der Waals surface area contributed by atoms with Crippen LogP contribution >= 0.6 is 0 Å². The number of aromatic nitrogens is 1. The summed E-state index contributed by atoms with van der Waals surface area (Å²) < 4.78 is 45.3. The molecule has 2 aromatic rings. The first-order valence-corrected chi connectivity index (χ1v) is 12.5. The Morgan fingerprint density at radius 2 is 2.06 bits per heavy atom. The molecule has 1 unspecified atom stereocenters. The van der Waals surface area contributed by atoms with E-state index in [0.29, 0.717) is 43.6 Å². The number of carbonyl (C=O) groups excluding carboxylic acids is 1. The van der Waals surface area contributed by atoms with Gasteiger partial charge in [0.05, 0.1) is 12.2 Å². The predicted molar refractivity (Wildman–Crippen MR) is 128 cm³/mol. The molecule has 1 aliphatic heterocycles. The van der Waals surface area contributed by atoms with E-state index in [9.17, 15) is 23.1 Å². The third-order valence-corrected chi connectivity index (χ3v) is 8.50. The van der Waals surface area contributed by atoms with Gasteiger partial charge in [0.15, 0.2) is 5.78 Å². The average molecular weight is 490 g/mol. The van der Waals surface area contributed by atoms with Gasteiger partial charge >= 0.3 is 6.18 Å². The fourth-order valence-corrected chi connectivity index (χ4v) is 6.26. The van der Waals surface area contributed by atoms with Crippen molar-refractivity contribution in [2.24, 2.45) is 11.8 Å². The standard InChI is InChI=1S/C28H34F3NO3/c1-4-26-10-11-27(34,18(2)16-28(29,30)31)17-22(26)9-13-35-25-15-21(7-8-23(25)26)24(33)14-20-6-5-12-32-19(20)3/h5-8,12,15,18,22,34H,4,9-11,13-14,16-17H2,1-3H3/t18?,22-,26+,27+/m0/s1. The molecule has 2 heterocycles. The number of aliphatic hydroxyl groups is 1. The van der Waals surface area contributed by atoms with Gasteiger partial charge in [-0.2, -0.15) is 13.2 Å². The van der Waals surface area contributed by atoms with Crippen LogP contribution in [0.2, 0.25) is 0 Å². The van der Waals surface area contributed by atoms with Crippen molar-refractivity contribution in [2.45, 2.75) is 82.9 Å². The van der Waals surface area contributed by atoms with E-state index in [0.717, 1.165) is 23.2 Å². The molecule has 2 aliphatic rings. The Kier molecular flexibility index (Phi) is 7.02. The summed E-state index contributed by atoms with van der Waals surface area (Å²) in [6.07, 6.45) is -0.654. The smallest absolute Gasteiger partial charge is 0.389 e. The Morgan fingerprint density at radius 3 is 2.74 bits per heavy atom. The van der Waals surface area contributed by atoms with Crippen LogP contribution < -0.4 is 4.74 Å². The number of rotatable bonds is 6. The Hall–Kier alpha value is -2.41. The number of alkyl halides is 3. The molecule has 1 fully saturated rings. The molecule has 4 nitrogen and oxygen atoms in total. The maximum absolute atomic E-state index is 13.1. The van der Waals surface area contributed by atoms with E-state index < -0.39 is 24.1 Å². The zero-order valence-electron chi connectivity index (χ0n) is 20.6. The first-order valence-electron chi connectivity index (χ1n) is 12.5. The summed E-state index contributed by atoms with van der Waals surface area (Å²) in [6, 6.07) is 9.34. The van der Waals surface area contributed by atoms with Crippen molar-refractivity contribution in [2.75, 3.05) is 6.61 Å². The maximum Gasteiger partial charge on any atom is 0.389 e. The fourth-order valence-electron chi connectivity index (χ4n) is 6.26. The molecule has 0 saturated heterocycles. The number of pyridine rings is 1. The molecule has 1 aliphatic carbocycles. The molecule has 4 atom stereocenters. The topological polar surface area (TPSA) is 59.4 Å². The van der Waals surface area contributed by atoms with E-state index in [4.69, 9.17) is 4.74 Å². The molecule has 0 bridgehead atoms. The van der Waals surface area contributed by atoms with Gasteiger partial charge < -0.3 is 9.84 Å². The van der Waals surface area contributed by atoms with Crippen LogP contribution in [-0.4, -0.2) is 34.3 Å². The Bertz CT molecular complexity index is 1090. The van der Waals surface area contributed by atoms with E-state index in [1.54, 1.807) is 6.20 Å². The number of ketones is 1. The molecule has 0 radical (unpaired) electrons. The number of hydrogen-bond acceptors (Lipinski definition) is 4. The monoisotopic (exact) mass is 489 g/mol. The number of ether oxygens (including phenoxy) is 1. The summed E-state index contributed by atoms with van der Waals surface area (Å²) in [5.41, 5.74) is 1.65. The van der Waals surface area contributed by atoms with Crippen LogP contribution in [0, 0.1) is 18.8 Å². The van der Waals surface area contributed by atoms with Crippen molar-refractivity contribution in [1.82, 2.24) is 4.98 Å². The van der Waals surface area contributed by atoms with Crippen LogP contribution in [0.5, 0.6) is 5.75 Å². The second-order valence-corrected chi connectivity index (χ2v) is 10.4. The average Bonchev–Trinajstić information content (AvgIpc) is 2.95. The van der Waals surface area contributed by atoms with Crippen LogP contribution in [0.25, 0.3) is 0 Å². The quantitative estimate of drug-likeness (QED) is 0.480. The number of benzene rings is 1. The third kappa shape index (κ3) is 5.11. The van der Waals surface area contributed by atoms with Gasteiger partial charge in [0.25, 0.3) is 0 Å². The number of Topliss-reactive ketones (excluding diaryl/α,β-unsaturated/α-hetero) is 1. The second-order valence-electron chi connectivity index (χ2n) is 10.4. The molecule has 0 amide bonds. The van der Waals surface area contributed by atoms with Crippen molar-refractivity contribution in [1.29, 1.82) is 0 Å². The normalized spacial score (nSPS) is 27.2. The van der Waals surface area contributed by atoms with Crippen molar-refractivity contribution in [3.8, 4) is 5.75 Å². The largest absolute Gasteiger partial charge is 0.493 e. The van der Waals surface area contributed by atoms with Crippen LogP contribution in [0.15, 0.2) is 36.5 Å². The van der Waals surface area contributed by atoms with Crippen molar-refractivity contribution < 1.29 is 27.8 Å². The van der Waals surface area contributed by atoms with Crippen LogP contribution in [0.1, 0.15) is 79.6 Å². The number of fused-ring (bicyclic) bond motifs is 3. The van der Waals surface area contributed by atoms with Gasteiger partial charge in [-0.1, -0.05) is 32.0 Å². The minimum absolute atomic E-state index is 0.00257. The molecule has 190 valence electrons. The van der Waals surface area contributed by atoms with Crippen LogP contribution in [-0.2, 0) is 11.8 Å². The van der Waals surface area contributed by atoms with Crippen molar-refractivity contribution >= 4 is 5.78 Å². The highest BCUT2D eigenvalue weighted by Crippen LogP contribution is 2.56. The number of nitrogens with zero attached hydrogens (tertiary/aromatic N) is 1. The second kappa shape index (κ2) is 9.57. The SMILES string of the molecule is CC[C@@]12CC[C@](O)(C(C)CC(F)(F)F)C[C@@H]1CCOc1cc(C(=O)Cc3cccnc3C)ccc12. The molecular weight excluding hydrogens is 455 g/mol. The van der Waals surface area contributed by atoms with Crippen molar-refractivity contribution in [3.63, 3.8) is 0 Å². The van der Waals surface area contributed by atoms with E-state index in [1.807, 2.05) is 37.3 Å². The van der Waals surface area contributed by atoms with E-state index in [2.05, 4.69) is 11.9 Å². The highest BCUT2D eigenvalue weighted by molar-refractivity contribution is 5.98. The molecular formula is C28H34F3NO3. The van der Waals surface area contributed by atoms with E-state index >= 15 is 0 Å². The lowest BCUT2D eigenvalue weighted by Gasteiger charge is -2.51. The minimum atomic E-state index is -4.30. The van der Waals surface area contributed by atoms with Crippen molar-refractivity contribution in [3.05, 3.63) is 58.9 Å². The highest BCUT2D eigenvalue weighted by atomic mass is 19.4. The summed E-state index contributed by atoms with van der Waals surface area (Å²) in [4.78, 5) is 17.3. The molecule has 1 aromatic carbocycles. The first kappa shape index (κ1) is 25.7. The summed E-state index contributed by atoms with van der Waals surface area (Å²) in [6.45, 7) is 5.89. The number of halogens is 3. The number of aryl methyl sites for hydroxylation is 1. The lowest BCUT2D eigenvalue weighted by molar-refractivity contribution is -0.173. The summed E-state index contributed by atoms with van der Waals surface area (Å²) in [5.74, 6) is -0.200. The Labute approximate surface area is 204 Å². The van der Waals surface area contributed by atoms with E-state index in [-0.39, 0.29) is 23.5 Å². The van der Waals surface area contributed by atoms with Gasteiger partial charge in [0, 0.05) is 41.3 Å². The molecule has 7 heteroatoms. The van der Waals surface area contributed by atoms with Gasteiger partial charge in [-0.3, -0.25) is 9.78 Å². The van der Waals surface area contributed by atoms with E-state index in [1.165, 1.54) is 6.92 Å². The minimum Gasteiger partial charge on any atom is -0.493 e. The molecule has 0 spiro atoms. The summed E-state index contributed by atoms with van der Waals surface area (Å²) in [5, 5.41) is 11.3. The lowest BCUT2D eigenvalue weighted by atomic mass is 9.55. The first-order chi connectivity index (χ1) is 16.5. The third-order valence-electron chi connectivity index (χ3n) is 8.50. The van der Waals surface area contributed by atoms with Crippen LogP contribution in [0.3, 0.4) is 0 Å². The molecule has 1 N–H and O–H groups in total. The van der Waals surface area contributed by atoms with Gasteiger partial charge in [0.2, 0.25) is 0 Å². The maximum atomic E-state index is 13.1. The molecule has 1 aromatic heterocycles. The Balaban J connectivity index is 1.60. The summed E-state index contributed by atoms with van der Waals surface area (Å²) in [7, 11) is 0. The summed E-state index contributed by atoms with van der Waals surface area (Å²) >= 11 is 0. The van der Waals surface area contributed by atoms with Gasteiger partial charge in [0.1, 0.15) is 5.75 Å². The zero-order valence-corrected chi connectivity index (χ0v) is 20.6. The van der Waals surface area contributed by atoms with Crippen LogP contribution in [0.4, 0.5) is 13.2 Å². The molecule has 35 heavy (non-hydrogen) atoms. The molecule has 4 rings (SSSR count). The number of carbonyl (C=O) groups is 1. The lowest BCUT2D eigenvalue weighted by Crippen LogP contribution is -2.51. The highest BCUT2D eigenvalue weighted by Gasteiger charge is 2.53. The predicted octanol–water partition coefficient (Wildman–Crippen LogP) is 6.37. The van der Waals surface area contributed by atoms with Gasteiger partial charge in [-0.05, 0) is 68.6 Å². The zero-order chi connectivity index (χ0) is 25.4. The fraction of sp³-hybridized carbons (Fsp3) is 0.571. The van der Waals surface area contributed by atoms with Gasteiger partial charge in [-0.25, -0.2) is 0 Å². The number of hydrogen-bond donors (Lipinski definition) is 1.